The van der Waals surface area contributed by atoms with Crippen LogP contribution in [0.3, 0.4) is 0 Å². The van der Waals surface area contributed by atoms with Crippen molar-refractivity contribution in [2.45, 2.75) is 25.4 Å². The van der Waals surface area contributed by atoms with Crippen LogP contribution in [-0.4, -0.2) is 43.2 Å². The summed E-state index contributed by atoms with van der Waals surface area (Å²) in [7, 11) is 0. The number of hydrogen-bond donors (Lipinski definition) is 1. The summed E-state index contributed by atoms with van der Waals surface area (Å²) in [5, 5.41) is 2.82. The van der Waals surface area contributed by atoms with Crippen molar-refractivity contribution in [3.63, 3.8) is 0 Å². The summed E-state index contributed by atoms with van der Waals surface area (Å²) in [6.07, 6.45) is -1.47. The molecule has 98 valence electrons. The van der Waals surface area contributed by atoms with Crippen LogP contribution < -0.4 is 5.32 Å². The zero-order valence-electron chi connectivity index (χ0n) is 9.59. The number of carbonyl (C=O) groups is 1. The number of carbonyl (C=O) groups excluding carboxylic acids is 1. The van der Waals surface area contributed by atoms with Gasteiger partial charge in [0.1, 0.15) is 0 Å². The monoisotopic (exact) mass is 250 g/mol. The minimum Gasteiger partial charge on any atom is -0.356 e. The maximum Gasteiger partial charge on any atom is 0.401 e. The molecule has 1 saturated carbocycles. The summed E-state index contributed by atoms with van der Waals surface area (Å²) in [5.74, 6) is 0.405. The van der Waals surface area contributed by atoms with Crippen LogP contribution in [0.15, 0.2) is 0 Å². The first-order valence-electron chi connectivity index (χ1n) is 6.01. The predicted octanol–water partition coefficient (Wildman–Crippen LogP) is 1.40. The van der Waals surface area contributed by atoms with E-state index in [9.17, 15) is 18.0 Å². The van der Waals surface area contributed by atoms with Gasteiger partial charge in [0, 0.05) is 19.0 Å². The fraction of sp³-hybridized carbons (Fsp3) is 0.909. The molecule has 1 aliphatic heterocycles. The molecule has 6 heteroatoms. The number of amides is 1. The van der Waals surface area contributed by atoms with Crippen LogP contribution in [0.1, 0.15) is 19.3 Å². The van der Waals surface area contributed by atoms with Gasteiger partial charge >= 0.3 is 6.18 Å². The summed E-state index contributed by atoms with van der Waals surface area (Å²) in [4.78, 5) is 12.8. The first kappa shape index (κ1) is 12.7. The van der Waals surface area contributed by atoms with Crippen molar-refractivity contribution in [3.05, 3.63) is 0 Å². The molecule has 0 radical (unpaired) electrons. The number of nitrogens with one attached hydrogen (secondary N) is 1. The molecular formula is C11H17F3N2O. The van der Waals surface area contributed by atoms with Gasteiger partial charge in [0.25, 0.3) is 0 Å². The van der Waals surface area contributed by atoms with Crippen LogP contribution in [-0.2, 0) is 4.79 Å². The lowest BCUT2D eigenvalue weighted by Gasteiger charge is -2.17. The van der Waals surface area contributed by atoms with E-state index < -0.39 is 12.7 Å². The summed E-state index contributed by atoms with van der Waals surface area (Å²) < 4.78 is 36.5. The Balaban J connectivity index is 1.65. The second kappa shape index (κ2) is 4.84. The second-order valence-corrected chi connectivity index (χ2v) is 5.02. The second-order valence-electron chi connectivity index (χ2n) is 5.02. The van der Waals surface area contributed by atoms with E-state index in [2.05, 4.69) is 5.32 Å². The van der Waals surface area contributed by atoms with E-state index in [1.165, 1.54) is 4.90 Å². The molecule has 2 aliphatic rings. The maximum absolute atomic E-state index is 12.2. The highest BCUT2D eigenvalue weighted by molar-refractivity contribution is 5.80. The number of alkyl halides is 3. The van der Waals surface area contributed by atoms with E-state index >= 15 is 0 Å². The lowest BCUT2D eigenvalue weighted by Crippen LogP contribution is -2.35. The van der Waals surface area contributed by atoms with Gasteiger partial charge in [-0.2, -0.15) is 13.2 Å². The maximum atomic E-state index is 12.2. The van der Waals surface area contributed by atoms with Crippen molar-refractivity contribution >= 4 is 5.91 Å². The summed E-state index contributed by atoms with van der Waals surface area (Å²) in [5.41, 5.74) is 0. The van der Waals surface area contributed by atoms with Crippen molar-refractivity contribution in [2.75, 3.05) is 26.2 Å². The third kappa shape index (κ3) is 4.18. The van der Waals surface area contributed by atoms with Gasteiger partial charge < -0.3 is 5.32 Å². The molecule has 2 rings (SSSR count). The van der Waals surface area contributed by atoms with Crippen molar-refractivity contribution < 1.29 is 18.0 Å². The van der Waals surface area contributed by atoms with Gasteiger partial charge in [-0.05, 0) is 31.7 Å². The molecule has 0 aromatic rings. The first-order chi connectivity index (χ1) is 7.94. The minimum atomic E-state index is -4.12. The standard InChI is InChI=1S/C11H17F3N2O/c12-11(13,14)7-16-4-3-8(6-16)5-15-10(17)9-1-2-9/h8-9H,1-7H2,(H,15,17). The molecule has 1 amide bonds. The van der Waals surface area contributed by atoms with E-state index in [4.69, 9.17) is 0 Å². The predicted molar refractivity (Wildman–Crippen MR) is 56.3 cm³/mol. The molecule has 0 bridgehead atoms. The van der Waals surface area contributed by atoms with Crippen LogP contribution >= 0.6 is 0 Å². The van der Waals surface area contributed by atoms with Crippen LogP contribution in [0.4, 0.5) is 13.2 Å². The van der Waals surface area contributed by atoms with Gasteiger partial charge in [-0.3, -0.25) is 9.69 Å². The molecular weight excluding hydrogens is 233 g/mol. The molecule has 17 heavy (non-hydrogen) atoms. The van der Waals surface area contributed by atoms with E-state index in [-0.39, 0.29) is 17.7 Å². The van der Waals surface area contributed by atoms with E-state index in [1.807, 2.05) is 0 Å². The third-order valence-corrected chi connectivity index (χ3v) is 3.29. The molecule has 1 saturated heterocycles. The molecule has 2 fully saturated rings. The number of rotatable bonds is 4. The Labute approximate surface area is 98.3 Å². The van der Waals surface area contributed by atoms with Gasteiger partial charge in [0.15, 0.2) is 0 Å². The highest BCUT2D eigenvalue weighted by Crippen LogP contribution is 2.29. The van der Waals surface area contributed by atoms with Crippen molar-refractivity contribution in [3.8, 4) is 0 Å². The molecule has 3 nitrogen and oxygen atoms in total. The van der Waals surface area contributed by atoms with Crippen LogP contribution in [0.5, 0.6) is 0 Å². The van der Waals surface area contributed by atoms with E-state index in [1.54, 1.807) is 0 Å². The van der Waals surface area contributed by atoms with Gasteiger partial charge in [0.2, 0.25) is 5.91 Å². The van der Waals surface area contributed by atoms with Gasteiger partial charge in [-0.25, -0.2) is 0 Å². The average Bonchev–Trinajstić information content (AvgIpc) is 2.96. The van der Waals surface area contributed by atoms with Crippen molar-refractivity contribution in [1.82, 2.24) is 10.2 Å². The molecule has 0 aromatic heterocycles. The van der Waals surface area contributed by atoms with Crippen LogP contribution in [0, 0.1) is 11.8 Å². The lowest BCUT2D eigenvalue weighted by atomic mass is 10.1. The quantitative estimate of drug-likeness (QED) is 0.818. The molecule has 1 unspecified atom stereocenters. The largest absolute Gasteiger partial charge is 0.401 e. The number of halogens is 3. The zero-order chi connectivity index (χ0) is 12.5. The minimum absolute atomic E-state index is 0.0688. The Kier molecular flexibility index (Phi) is 3.61. The molecule has 1 heterocycles. The molecule has 1 N–H and O–H groups in total. The molecule has 0 spiro atoms. The fourth-order valence-corrected chi connectivity index (χ4v) is 2.21. The molecule has 0 aromatic carbocycles. The Bertz CT molecular complexity index is 289. The highest BCUT2D eigenvalue weighted by atomic mass is 19.4. The summed E-state index contributed by atoms with van der Waals surface area (Å²) >= 11 is 0. The van der Waals surface area contributed by atoms with E-state index in [0.29, 0.717) is 19.6 Å². The SMILES string of the molecule is O=C(NCC1CCN(CC(F)(F)F)C1)C1CC1. The Morgan fingerprint density at radius 3 is 2.59 bits per heavy atom. The van der Waals surface area contributed by atoms with Gasteiger partial charge in [-0.15, -0.1) is 0 Å². The first-order valence-corrected chi connectivity index (χ1v) is 6.01. The van der Waals surface area contributed by atoms with Crippen molar-refractivity contribution in [2.24, 2.45) is 11.8 Å². The van der Waals surface area contributed by atoms with Gasteiger partial charge in [0.05, 0.1) is 6.54 Å². The number of nitrogens with zero attached hydrogens (tertiary/aromatic N) is 1. The summed E-state index contributed by atoms with van der Waals surface area (Å²) in [6.45, 7) is 0.595. The number of likely N-dealkylation sites (tertiary alicyclic amines) is 1. The van der Waals surface area contributed by atoms with Crippen LogP contribution in [0.25, 0.3) is 0 Å². The highest BCUT2D eigenvalue weighted by Gasteiger charge is 2.35. The summed E-state index contributed by atoms with van der Waals surface area (Å²) in [6, 6.07) is 0. The zero-order valence-corrected chi connectivity index (χ0v) is 9.59. The lowest BCUT2D eigenvalue weighted by molar-refractivity contribution is -0.143. The topological polar surface area (TPSA) is 32.3 Å². The fourth-order valence-electron chi connectivity index (χ4n) is 2.21. The molecule has 1 aliphatic carbocycles. The normalized spacial score (nSPS) is 26.2. The van der Waals surface area contributed by atoms with Gasteiger partial charge in [-0.1, -0.05) is 0 Å². The Morgan fingerprint density at radius 2 is 2.00 bits per heavy atom. The smallest absolute Gasteiger partial charge is 0.356 e. The molecule has 1 atom stereocenters. The van der Waals surface area contributed by atoms with E-state index in [0.717, 1.165) is 19.3 Å². The van der Waals surface area contributed by atoms with Crippen molar-refractivity contribution in [1.29, 1.82) is 0 Å². The Morgan fingerprint density at radius 1 is 1.29 bits per heavy atom. The Hall–Kier alpha value is -0.780. The number of hydrogen-bond acceptors (Lipinski definition) is 2. The third-order valence-electron chi connectivity index (χ3n) is 3.29. The average molecular weight is 250 g/mol. The van der Waals surface area contributed by atoms with Crippen LogP contribution in [0.2, 0.25) is 0 Å².